The van der Waals surface area contributed by atoms with E-state index in [2.05, 4.69) is 58.4 Å². The number of hydrogen-bond acceptors (Lipinski definition) is 6. The van der Waals surface area contributed by atoms with Gasteiger partial charge in [-0.1, -0.05) is 78.9 Å². The van der Waals surface area contributed by atoms with E-state index in [1.165, 1.54) is 18.4 Å². The molecule has 1 aromatic heterocycles. The summed E-state index contributed by atoms with van der Waals surface area (Å²) < 4.78 is 5.97. The molecule has 0 saturated heterocycles. The third kappa shape index (κ3) is 5.24. The Kier molecular flexibility index (Phi) is 7.39. The standard InChI is InChI=1S/C32H23N3O2S/c1-37-32(36)28(22-33)31-34-30(24-11-5-2-6-12-24)29(38-31)21-23-17-19-27(20-18-23)35(25-13-7-3-8-14-25)26-15-9-4-10-16-26/h2-21H,1H3/b29-21-,31-28+. The highest BCUT2D eigenvalue weighted by molar-refractivity contribution is 7.08. The molecule has 0 spiro atoms. The van der Waals surface area contributed by atoms with Crippen molar-refractivity contribution in [2.24, 2.45) is 0 Å². The molecule has 0 aliphatic rings. The molecule has 0 atom stereocenters. The van der Waals surface area contributed by atoms with Gasteiger partial charge in [0.15, 0.2) is 5.57 Å². The van der Waals surface area contributed by atoms with Crippen LogP contribution < -0.4 is 14.1 Å². The number of hydrogen-bond donors (Lipinski definition) is 0. The topological polar surface area (TPSA) is 66.2 Å². The number of para-hydroxylation sites is 2. The normalized spacial score (nSPS) is 11.9. The Morgan fingerprint density at radius 2 is 1.34 bits per heavy atom. The first-order valence-electron chi connectivity index (χ1n) is 11.9. The van der Waals surface area contributed by atoms with Crippen LogP contribution in [0.25, 0.3) is 22.9 Å². The Morgan fingerprint density at radius 3 is 1.87 bits per heavy atom. The Bertz CT molecular complexity index is 1670. The highest BCUT2D eigenvalue weighted by Gasteiger charge is 2.15. The van der Waals surface area contributed by atoms with Gasteiger partial charge in [0.2, 0.25) is 0 Å². The van der Waals surface area contributed by atoms with Crippen LogP contribution in [0.15, 0.2) is 115 Å². The number of benzene rings is 4. The molecule has 0 aliphatic heterocycles. The Labute approximate surface area is 224 Å². The summed E-state index contributed by atoms with van der Waals surface area (Å²) in [5, 5.41) is 9.58. The Morgan fingerprint density at radius 1 is 0.816 bits per heavy atom. The SMILES string of the molecule is COC(=O)/C(C#N)=c1\nc(-c2ccccc2)/c(=C/c2ccc(N(c3ccccc3)c3ccccc3)cc2)s1. The number of carbonyl (C=O) groups excluding carboxylic acids is 1. The molecule has 0 radical (unpaired) electrons. The van der Waals surface area contributed by atoms with Crippen LogP contribution in [-0.2, 0) is 9.53 Å². The molecule has 0 unspecified atom stereocenters. The van der Waals surface area contributed by atoms with Crippen LogP contribution in [0.5, 0.6) is 0 Å². The summed E-state index contributed by atoms with van der Waals surface area (Å²) in [6.45, 7) is 0. The van der Waals surface area contributed by atoms with E-state index in [1.807, 2.05) is 78.9 Å². The summed E-state index contributed by atoms with van der Waals surface area (Å²) in [5.41, 5.74) is 5.64. The van der Waals surface area contributed by atoms with Gasteiger partial charge in [0.1, 0.15) is 10.7 Å². The van der Waals surface area contributed by atoms with Gasteiger partial charge in [-0.05, 0) is 48.0 Å². The van der Waals surface area contributed by atoms with Crippen LogP contribution in [0.4, 0.5) is 17.1 Å². The molecule has 0 aliphatic carbocycles. The molecule has 0 bridgehead atoms. The van der Waals surface area contributed by atoms with Crippen LogP contribution in [0, 0.1) is 11.3 Å². The molecule has 0 amide bonds. The predicted octanol–water partition coefficient (Wildman–Crippen LogP) is 5.96. The summed E-state index contributed by atoms with van der Waals surface area (Å²) >= 11 is 1.29. The van der Waals surface area contributed by atoms with Gasteiger partial charge in [-0.15, -0.1) is 11.3 Å². The lowest BCUT2D eigenvalue weighted by Gasteiger charge is -2.25. The lowest BCUT2D eigenvalue weighted by atomic mass is 10.1. The molecule has 5 aromatic rings. The monoisotopic (exact) mass is 513 g/mol. The smallest absolute Gasteiger partial charge is 0.351 e. The molecular weight excluding hydrogens is 490 g/mol. The quantitative estimate of drug-likeness (QED) is 0.262. The molecule has 38 heavy (non-hydrogen) atoms. The van der Waals surface area contributed by atoms with Crippen LogP contribution in [0.2, 0.25) is 0 Å². The molecule has 0 saturated carbocycles. The fourth-order valence-corrected chi connectivity index (χ4v) is 5.13. The number of anilines is 3. The number of ether oxygens (including phenoxy) is 1. The number of aromatic nitrogens is 1. The van der Waals surface area contributed by atoms with E-state index in [1.54, 1.807) is 0 Å². The maximum atomic E-state index is 12.2. The number of nitriles is 1. The lowest BCUT2D eigenvalue weighted by molar-refractivity contribution is -0.133. The van der Waals surface area contributed by atoms with Gasteiger partial charge in [-0.25, -0.2) is 9.78 Å². The minimum absolute atomic E-state index is 0.106. The van der Waals surface area contributed by atoms with Crippen molar-refractivity contribution in [3.63, 3.8) is 0 Å². The summed E-state index contributed by atoms with van der Waals surface area (Å²) in [6.07, 6.45) is 2.02. The van der Waals surface area contributed by atoms with Gasteiger partial charge in [-0.2, -0.15) is 5.26 Å². The van der Waals surface area contributed by atoms with Crippen LogP contribution in [0.3, 0.4) is 0 Å². The third-order valence-corrected chi connectivity index (χ3v) is 6.91. The van der Waals surface area contributed by atoms with Gasteiger partial charge in [0.25, 0.3) is 0 Å². The maximum Gasteiger partial charge on any atom is 0.351 e. The van der Waals surface area contributed by atoms with Gasteiger partial charge in [0.05, 0.1) is 17.3 Å². The molecular formula is C32H23N3O2S. The zero-order valence-electron chi connectivity index (χ0n) is 20.6. The van der Waals surface area contributed by atoms with Crippen molar-refractivity contribution in [2.45, 2.75) is 0 Å². The number of thiazole rings is 1. The average Bonchev–Trinajstić information content (AvgIpc) is 3.39. The van der Waals surface area contributed by atoms with Crippen molar-refractivity contribution in [1.82, 2.24) is 4.98 Å². The molecule has 184 valence electrons. The molecule has 0 N–H and O–H groups in total. The third-order valence-electron chi connectivity index (χ3n) is 5.89. The van der Waals surface area contributed by atoms with Gasteiger partial charge < -0.3 is 9.64 Å². The van der Waals surface area contributed by atoms with E-state index < -0.39 is 5.97 Å². The van der Waals surface area contributed by atoms with Crippen LogP contribution >= 0.6 is 11.3 Å². The van der Waals surface area contributed by atoms with Crippen LogP contribution in [0.1, 0.15) is 5.56 Å². The van der Waals surface area contributed by atoms with E-state index in [-0.39, 0.29) is 5.57 Å². The van der Waals surface area contributed by atoms with E-state index in [0.717, 1.165) is 32.7 Å². The molecule has 5 rings (SSSR count). The number of rotatable bonds is 6. The highest BCUT2D eigenvalue weighted by Crippen LogP contribution is 2.34. The average molecular weight is 514 g/mol. The largest absolute Gasteiger partial charge is 0.465 e. The second-order valence-corrected chi connectivity index (χ2v) is 9.35. The van der Waals surface area contributed by atoms with E-state index in [0.29, 0.717) is 10.4 Å². The summed E-state index contributed by atoms with van der Waals surface area (Å²) in [4.78, 5) is 19.0. The van der Waals surface area contributed by atoms with Crippen molar-refractivity contribution in [3.05, 3.63) is 130 Å². The molecule has 0 fully saturated rings. The predicted molar refractivity (Wildman–Crippen MR) is 153 cm³/mol. The number of methoxy groups -OCH3 is 1. The molecule has 6 heteroatoms. The minimum Gasteiger partial charge on any atom is -0.465 e. The van der Waals surface area contributed by atoms with E-state index >= 15 is 0 Å². The van der Waals surface area contributed by atoms with Crippen molar-refractivity contribution in [1.29, 1.82) is 5.26 Å². The number of carbonyl (C=O) groups is 1. The first-order valence-corrected chi connectivity index (χ1v) is 12.8. The van der Waals surface area contributed by atoms with E-state index in [9.17, 15) is 10.1 Å². The second kappa shape index (κ2) is 11.4. The minimum atomic E-state index is -0.696. The van der Waals surface area contributed by atoms with Gasteiger partial charge in [0, 0.05) is 22.6 Å². The van der Waals surface area contributed by atoms with Gasteiger partial charge >= 0.3 is 5.97 Å². The number of esters is 1. The highest BCUT2D eigenvalue weighted by atomic mass is 32.1. The Hall–Kier alpha value is -4.99. The van der Waals surface area contributed by atoms with Crippen LogP contribution in [-0.4, -0.2) is 18.1 Å². The van der Waals surface area contributed by atoms with Crippen molar-refractivity contribution in [2.75, 3.05) is 12.0 Å². The van der Waals surface area contributed by atoms with Crippen molar-refractivity contribution < 1.29 is 9.53 Å². The first-order chi connectivity index (χ1) is 18.7. The zero-order valence-corrected chi connectivity index (χ0v) is 21.4. The summed E-state index contributed by atoms with van der Waals surface area (Å²) in [5.74, 6) is -0.696. The fourth-order valence-electron chi connectivity index (χ4n) is 4.09. The summed E-state index contributed by atoms with van der Waals surface area (Å²) in [6, 6.07) is 40.4. The summed E-state index contributed by atoms with van der Waals surface area (Å²) in [7, 11) is 1.26. The number of nitrogens with zero attached hydrogens (tertiary/aromatic N) is 3. The van der Waals surface area contributed by atoms with Gasteiger partial charge in [-0.3, -0.25) is 0 Å². The van der Waals surface area contributed by atoms with Crippen molar-refractivity contribution in [3.8, 4) is 17.3 Å². The second-order valence-electron chi connectivity index (χ2n) is 8.32. The molecule has 4 aromatic carbocycles. The molecule has 1 heterocycles. The lowest BCUT2D eigenvalue weighted by Crippen LogP contribution is -2.13. The first kappa shape index (κ1) is 24.7. The Balaban J connectivity index is 1.61. The van der Waals surface area contributed by atoms with E-state index in [4.69, 9.17) is 4.74 Å². The maximum absolute atomic E-state index is 12.2. The van der Waals surface area contributed by atoms with Crippen molar-refractivity contribution >= 4 is 46.0 Å². The molecule has 5 nitrogen and oxygen atoms in total. The zero-order chi connectivity index (χ0) is 26.3. The fraction of sp³-hybridized carbons (Fsp3) is 0.0312.